The molecule has 0 aliphatic heterocycles. The summed E-state index contributed by atoms with van der Waals surface area (Å²) >= 11 is 0. The van der Waals surface area contributed by atoms with Crippen molar-refractivity contribution < 1.29 is 4.84 Å². The Labute approximate surface area is 73.6 Å². The number of fused-ring (bicyclic) bond motifs is 1. The van der Waals surface area contributed by atoms with E-state index < -0.39 is 0 Å². The highest BCUT2D eigenvalue weighted by molar-refractivity contribution is 5.72. The van der Waals surface area contributed by atoms with Gasteiger partial charge in [0, 0.05) is 17.6 Å². The molecule has 0 unspecified atom stereocenters. The summed E-state index contributed by atoms with van der Waals surface area (Å²) in [6.07, 6.45) is 2.99. The van der Waals surface area contributed by atoms with Crippen LogP contribution in [0.3, 0.4) is 0 Å². The van der Waals surface area contributed by atoms with E-state index in [0.717, 1.165) is 10.1 Å². The molecular formula is C8H7N3O2. The van der Waals surface area contributed by atoms with Crippen LogP contribution in [0, 0.1) is 0 Å². The van der Waals surface area contributed by atoms with Gasteiger partial charge < -0.3 is 4.84 Å². The Bertz CT molecular complexity index is 492. The highest BCUT2D eigenvalue weighted by Gasteiger charge is 2.02. The molecule has 5 heteroatoms. The summed E-state index contributed by atoms with van der Waals surface area (Å²) in [5.74, 6) is 0. The molecule has 2 rings (SSSR count). The minimum Gasteiger partial charge on any atom is -0.412 e. The van der Waals surface area contributed by atoms with Crippen LogP contribution in [0.25, 0.3) is 11.0 Å². The van der Waals surface area contributed by atoms with Gasteiger partial charge in [0.2, 0.25) is 0 Å². The Hall–Kier alpha value is -1.91. The van der Waals surface area contributed by atoms with Gasteiger partial charge in [-0.2, -0.15) is 0 Å². The van der Waals surface area contributed by atoms with Gasteiger partial charge in [-0.1, -0.05) is 0 Å². The normalized spacial score (nSPS) is 10.2. The molecule has 66 valence electrons. The predicted molar refractivity (Wildman–Crippen MR) is 46.3 cm³/mol. The fourth-order valence-electron chi connectivity index (χ4n) is 1.13. The molecule has 0 fully saturated rings. The van der Waals surface area contributed by atoms with Gasteiger partial charge in [-0.15, -0.1) is 4.73 Å². The number of pyridine rings is 1. The molecule has 0 aliphatic carbocycles. The van der Waals surface area contributed by atoms with E-state index in [9.17, 15) is 4.79 Å². The monoisotopic (exact) mass is 177 g/mol. The number of rotatable bonds is 1. The second kappa shape index (κ2) is 2.85. The SMILES string of the molecule is COn1c(=O)ccc2cncnc21. The summed E-state index contributed by atoms with van der Waals surface area (Å²) in [6.45, 7) is 0. The largest absolute Gasteiger partial charge is 0.412 e. The zero-order chi connectivity index (χ0) is 9.26. The Morgan fingerprint density at radius 2 is 2.31 bits per heavy atom. The highest BCUT2D eigenvalue weighted by atomic mass is 16.6. The molecule has 0 aliphatic rings. The lowest BCUT2D eigenvalue weighted by Crippen LogP contribution is -2.24. The van der Waals surface area contributed by atoms with Gasteiger partial charge in [-0.3, -0.25) is 4.79 Å². The van der Waals surface area contributed by atoms with E-state index in [1.54, 1.807) is 12.3 Å². The number of hydrogen-bond donors (Lipinski definition) is 0. The first kappa shape index (κ1) is 7.72. The van der Waals surface area contributed by atoms with Crippen LogP contribution in [0.4, 0.5) is 0 Å². The van der Waals surface area contributed by atoms with Gasteiger partial charge >= 0.3 is 0 Å². The van der Waals surface area contributed by atoms with Crippen LogP contribution in [0.1, 0.15) is 0 Å². The lowest BCUT2D eigenvalue weighted by atomic mass is 10.3. The molecule has 0 spiro atoms. The maximum Gasteiger partial charge on any atom is 0.285 e. The Kier molecular flexibility index (Phi) is 1.70. The smallest absolute Gasteiger partial charge is 0.285 e. The Balaban J connectivity index is 2.92. The minimum atomic E-state index is -0.242. The van der Waals surface area contributed by atoms with Crippen LogP contribution in [0.15, 0.2) is 29.5 Å². The van der Waals surface area contributed by atoms with Crippen molar-refractivity contribution in [1.29, 1.82) is 0 Å². The molecule has 0 atom stereocenters. The van der Waals surface area contributed by atoms with E-state index >= 15 is 0 Å². The molecule has 0 N–H and O–H groups in total. The molecule has 0 radical (unpaired) electrons. The second-order valence-electron chi connectivity index (χ2n) is 2.45. The lowest BCUT2D eigenvalue weighted by molar-refractivity contribution is 0.167. The number of nitrogens with zero attached hydrogens (tertiary/aromatic N) is 3. The van der Waals surface area contributed by atoms with Crippen molar-refractivity contribution in [3.63, 3.8) is 0 Å². The first-order valence-electron chi connectivity index (χ1n) is 3.69. The quantitative estimate of drug-likeness (QED) is 0.607. The van der Waals surface area contributed by atoms with Gasteiger partial charge in [-0.25, -0.2) is 9.97 Å². The van der Waals surface area contributed by atoms with Crippen LogP contribution in [-0.4, -0.2) is 21.8 Å². The molecule has 2 heterocycles. The van der Waals surface area contributed by atoms with Crippen LogP contribution in [0.5, 0.6) is 0 Å². The van der Waals surface area contributed by atoms with E-state index in [0.29, 0.717) is 5.65 Å². The number of aromatic nitrogens is 3. The van der Waals surface area contributed by atoms with Gasteiger partial charge in [-0.05, 0) is 6.07 Å². The van der Waals surface area contributed by atoms with E-state index in [1.807, 2.05) is 0 Å². The van der Waals surface area contributed by atoms with Crippen LogP contribution in [-0.2, 0) is 0 Å². The predicted octanol–water partition coefficient (Wildman–Crippen LogP) is -0.150. The maximum atomic E-state index is 11.2. The summed E-state index contributed by atoms with van der Waals surface area (Å²) in [4.78, 5) is 23.9. The topological polar surface area (TPSA) is 57.0 Å². The molecule has 2 aromatic heterocycles. The minimum absolute atomic E-state index is 0.242. The zero-order valence-electron chi connectivity index (χ0n) is 6.97. The summed E-state index contributed by atoms with van der Waals surface area (Å²) in [5.41, 5.74) is 0.235. The molecule has 0 bridgehead atoms. The van der Waals surface area contributed by atoms with Gasteiger partial charge in [0.15, 0.2) is 5.65 Å². The first-order chi connectivity index (χ1) is 6.33. The van der Waals surface area contributed by atoms with Gasteiger partial charge in [0.05, 0.1) is 0 Å². The van der Waals surface area contributed by atoms with E-state index in [2.05, 4.69) is 9.97 Å². The van der Waals surface area contributed by atoms with Crippen molar-refractivity contribution in [3.8, 4) is 0 Å². The standard InChI is InChI=1S/C8H7N3O2/c1-13-11-7(12)3-2-6-4-9-5-10-8(6)11/h2-5H,1H3. The Morgan fingerprint density at radius 3 is 3.08 bits per heavy atom. The van der Waals surface area contributed by atoms with Crippen molar-refractivity contribution in [3.05, 3.63) is 35.0 Å². The van der Waals surface area contributed by atoms with Crippen LogP contribution >= 0.6 is 0 Å². The number of hydrogen-bond acceptors (Lipinski definition) is 4. The van der Waals surface area contributed by atoms with E-state index in [1.165, 1.54) is 19.5 Å². The van der Waals surface area contributed by atoms with Crippen molar-refractivity contribution in [1.82, 2.24) is 14.7 Å². The fourth-order valence-corrected chi connectivity index (χ4v) is 1.13. The fraction of sp³-hybridized carbons (Fsp3) is 0.125. The summed E-state index contributed by atoms with van der Waals surface area (Å²) in [6, 6.07) is 3.07. The van der Waals surface area contributed by atoms with Crippen LogP contribution < -0.4 is 10.4 Å². The molecule has 2 aromatic rings. The van der Waals surface area contributed by atoms with E-state index in [4.69, 9.17) is 4.84 Å². The second-order valence-corrected chi connectivity index (χ2v) is 2.45. The van der Waals surface area contributed by atoms with Crippen molar-refractivity contribution >= 4 is 11.0 Å². The van der Waals surface area contributed by atoms with Crippen LogP contribution in [0.2, 0.25) is 0 Å². The third-order valence-electron chi connectivity index (χ3n) is 1.70. The molecular weight excluding hydrogens is 170 g/mol. The summed E-state index contributed by atoms with van der Waals surface area (Å²) in [7, 11) is 1.42. The average molecular weight is 177 g/mol. The van der Waals surface area contributed by atoms with Gasteiger partial charge in [0.1, 0.15) is 13.4 Å². The molecule has 13 heavy (non-hydrogen) atoms. The first-order valence-corrected chi connectivity index (χ1v) is 3.69. The third-order valence-corrected chi connectivity index (χ3v) is 1.70. The van der Waals surface area contributed by atoms with Gasteiger partial charge in [0.25, 0.3) is 5.56 Å². The summed E-state index contributed by atoms with van der Waals surface area (Å²) < 4.78 is 1.12. The van der Waals surface area contributed by atoms with Crippen molar-refractivity contribution in [2.24, 2.45) is 0 Å². The van der Waals surface area contributed by atoms with Crippen molar-refractivity contribution in [2.75, 3.05) is 7.11 Å². The average Bonchev–Trinajstić information content (AvgIpc) is 2.18. The molecule has 0 amide bonds. The lowest BCUT2D eigenvalue weighted by Gasteiger charge is -2.04. The third kappa shape index (κ3) is 1.14. The zero-order valence-corrected chi connectivity index (χ0v) is 6.97. The highest BCUT2D eigenvalue weighted by Crippen LogP contribution is 2.03. The Morgan fingerprint density at radius 1 is 1.46 bits per heavy atom. The van der Waals surface area contributed by atoms with E-state index in [-0.39, 0.29) is 5.56 Å². The van der Waals surface area contributed by atoms with Crippen molar-refractivity contribution in [2.45, 2.75) is 0 Å². The molecule has 0 aromatic carbocycles. The molecule has 0 saturated heterocycles. The summed E-state index contributed by atoms with van der Waals surface area (Å²) in [5, 5.41) is 0.768. The maximum absolute atomic E-state index is 11.2. The molecule has 0 saturated carbocycles. The molecule has 5 nitrogen and oxygen atoms in total.